The van der Waals surface area contributed by atoms with Gasteiger partial charge in [-0.3, -0.25) is 4.79 Å². The van der Waals surface area contributed by atoms with Gasteiger partial charge in [-0.1, -0.05) is 0 Å². The molecular weight excluding hydrogens is 220 g/mol. The lowest BCUT2D eigenvalue weighted by atomic mass is 10.1. The van der Waals surface area contributed by atoms with Gasteiger partial charge in [0, 0.05) is 32.2 Å². The molecule has 0 aromatic heterocycles. The van der Waals surface area contributed by atoms with Crippen LogP contribution in [-0.4, -0.2) is 56.4 Å². The van der Waals surface area contributed by atoms with Gasteiger partial charge in [-0.15, -0.1) is 0 Å². The number of hydrogen-bond donors (Lipinski definition) is 1. The SMILES string of the molecule is COCC(N)C(=O)N(CC1CCOC1)C1CC1. The Hall–Kier alpha value is -0.650. The summed E-state index contributed by atoms with van der Waals surface area (Å²) in [5.41, 5.74) is 5.82. The number of carbonyl (C=O) groups excluding carboxylic acids is 1. The van der Waals surface area contributed by atoms with Crippen LogP contribution < -0.4 is 5.73 Å². The van der Waals surface area contributed by atoms with E-state index in [-0.39, 0.29) is 5.91 Å². The van der Waals surface area contributed by atoms with E-state index in [1.807, 2.05) is 4.90 Å². The maximum Gasteiger partial charge on any atom is 0.242 e. The van der Waals surface area contributed by atoms with E-state index in [1.54, 1.807) is 7.11 Å². The Morgan fingerprint density at radius 3 is 2.82 bits per heavy atom. The predicted octanol–water partition coefficient (Wildman–Crippen LogP) is -0.0124. The molecule has 0 spiro atoms. The summed E-state index contributed by atoms with van der Waals surface area (Å²) >= 11 is 0. The van der Waals surface area contributed by atoms with Crippen molar-refractivity contribution in [1.82, 2.24) is 4.90 Å². The largest absolute Gasteiger partial charge is 0.383 e. The van der Waals surface area contributed by atoms with Crippen LogP contribution in [-0.2, 0) is 14.3 Å². The minimum Gasteiger partial charge on any atom is -0.383 e. The van der Waals surface area contributed by atoms with Gasteiger partial charge in [0.2, 0.25) is 5.91 Å². The number of ether oxygens (including phenoxy) is 2. The van der Waals surface area contributed by atoms with Crippen LogP contribution in [0, 0.1) is 5.92 Å². The van der Waals surface area contributed by atoms with Crippen molar-refractivity contribution in [2.75, 3.05) is 33.5 Å². The number of hydrogen-bond acceptors (Lipinski definition) is 4. The summed E-state index contributed by atoms with van der Waals surface area (Å²) in [7, 11) is 1.57. The van der Waals surface area contributed by atoms with Gasteiger partial charge in [-0.25, -0.2) is 0 Å². The molecule has 98 valence electrons. The molecular formula is C12H22N2O3. The fourth-order valence-electron chi connectivity index (χ4n) is 2.27. The molecule has 2 fully saturated rings. The maximum absolute atomic E-state index is 12.2. The normalized spacial score (nSPS) is 25.9. The number of methoxy groups -OCH3 is 1. The lowest BCUT2D eigenvalue weighted by molar-refractivity contribution is -0.135. The molecule has 17 heavy (non-hydrogen) atoms. The first-order valence-electron chi connectivity index (χ1n) is 6.35. The van der Waals surface area contributed by atoms with Gasteiger partial charge in [0.1, 0.15) is 6.04 Å². The molecule has 5 heteroatoms. The van der Waals surface area contributed by atoms with Gasteiger partial charge in [-0.05, 0) is 19.3 Å². The minimum absolute atomic E-state index is 0.0289. The molecule has 2 aliphatic rings. The molecule has 0 aromatic carbocycles. The number of nitrogens with zero attached hydrogens (tertiary/aromatic N) is 1. The van der Waals surface area contributed by atoms with E-state index in [4.69, 9.17) is 15.2 Å². The molecule has 1 heterocycles. The van der Waals surface area contributed by atoms with Crippen LogP contribution in [0.3, 0.4) is 0 Å². The van der Waals surface area contributed by atoms with Gasteiger partial charge in [0.25, 0.3) is 0 Å². The molecule has 2 unspecified atom stereocenters. The third-order valence-corrected chi connectivity index (χ3v) is 3.41. The fourth-order valence-corrected chi connectivity index (χ4v) is 2.27. The Morgan fingerprint density at radius 1 is 1.53 bits per heavy atom. The third kappa shape index (κ3) is 3.40. The third-order valence-electron chi connectivity index (χ3n) is 3.41. The average Bonchev–Trinajstić information content (AvgIpc) is 3.03. The second-order valence-corrected chi connectivity index (χ2v) is 5.01. The van der Waals surface area contributed by atoms with Crippen LogP contribution in [0.1, 0.15) is 19.3 Å². The zero-order valence-corrected chi connectivity index (χ0v) is 10.4. The molecule has 2 rings (SSSR count). The Bertz CT molecular complexity index is 262. The van der Waals surface area contributed by atoms with E-state index < -0.39 is 6.04 Å². The fraction of sp³-hybridized carbons (Fsp3) is 0.917. The molecule has 2 atom stereocenters. The first-order chi connectivity index (χ1) is 8.22. The maximum atomic E-state index is 12.2. The number of carbonyl (C=O) groups is 1. The van der Waals surface area contributed by atoms with Gasteiger partial charge in [-0.2, -0.15) is 0 Å². The average molecular weight is 242 g/mol. The quantitative estimate of drug-likeness (QED) is 0.711. The summed E-state index contributed by atoms with van der Waals surface area (Å²) in [4.78, 5) is 14.1. The van der Waals surface area contributed by atoms with Crippen LogP contribution >= 0.6 is 0 Å². The monoisotopic (exact) mass is 242 g/mol. The highest BCUT2D eigenvalue weighted by Gasteiger charge is 2.36. The Morgan fingerprint density at radius 2 is 2.29 bits per heavy atom. The van der Waals surface area contributed by atoms with Gasteiger partial charge in [0.15, 0.2) is 0 Å². The van der Waals surface area contributed by atoms with Crippen molar-refractivity contribution in [2.24, 2.45) is 11.7 Å². The molecule has 1 aliphatic carbocycles. The topological polar surface area (TPSA) is 64.8 Å². The van der Waals surface area contributed by atoms with Crippen LogP contribution in [0.5, 0.6) is 0 Å². The molecule has 0 bridgehead atoms. The zero-order valence-electron chi connectivity index (χ0n) is 10.4. The summed E-state index contributed by atoms with van der Waals surface area (Å²) in [5.74, 6) is 0.510. The Labute approximate surface area is 102 Å². The van der Waals surface area contributed by atoms with Crippen molar-refractivity contribution in [2.45, 2.75) is 31.3 Å². The molecule has 5 nitrogen and oxygen atoms in total. The lowest BCUT2D eigenvalue weighted by Gasteiger charge is -2.27. The summed E-state index contributed by atoms with van der Waals surface area (Å²) in [6.45, 7) is 2.68. The van der Waals surface area contributed by atoms with Gasteiger partial charge < -0.3 is 20.1 Å². The van der Waals surface area contributed by atoms with E-state index in [0.717, 1.165) is 39.0 Å². The van der Waals surface area contributed by atoms with Crippen LogP contribution in [0.2, 0.25) is 0 Å². The molecule has 2 N–H and O–H groups in total. The molecule has 0 radical (unpaired) electrons. The first kappa shape index (κ1) is 12.8. The highest BCUT2D eigenvalue weighted by Crippen LogP contribution is 2.29. The molecule has 1 saturated heterocycles. The lowest BCUT2D eigenvalue weighted by Crippen LogP contribution is -2.48. The second-order valence-electron chi connectivity index (χ2n) is 5.01. The minimum atomic E-state index is -0.525. The smallest absolute Gasteiger partial charge is 0.242 e. The highest BCUT2D eigenvalue weighted by atomic mass is 16.5. The standard InChI is InChI=1S/C12H22N2O3/c1-16-8-11(13)12(15)14(10-2-3-10)6-9-4-5-17-7-9/h9-11H,2-8,13H2,1H3. The summed E-state index contributed by atoms with van der Waals surface area (Å²) in [5, 5.41) is 0. The number of nitrogens with two attached hydrogens (primary N) is 1. The zero-order chi connectivity index (χ0) is 12.3. The Balaban J connectivity index is 1.89. The number of rotatable bonds is 6. The van der Waals surface area contributed by atoms with E-state index in [1.165, 1.54) is 0 Å². The van der Waals surface area contributed by atoms with Crippen molar-refractivity contribution in [3.05, 3.63) is 0 Å². The first-order valence-corrected chi connectivity index (χ1v) is 6.35. The van der Waals surface area contributed by atoms with Crippen molar-refractivity contribution < 1.29 is 14.3 Å². The van der Waals surface area contributed by atoms with E-state index in [2.05, 4.69) is 0 Å². The summed E-state index contributed by atoms with van der Waals surface area (Å²) < 4.78 is 10.3. The van der Waals surface area contributed by atoms with Crippen LogP contribution in [0.25, 0.3) is 0 Å². The molecule has 0 aromatic rings. The Kier molecular flexibility index (Phi) is 4.36. The van der Waals surface area contributed by atoms with Crippen molar-refractivity contribution in [3.63, 3.8) is 0 Å². The summed E-state index contributed by atoms with van der Waals surface area (Å²) in [6, 6.07) is -0.117. The van der Waals surface area contributed by atoms with Gasteiger partial charge >= 0.3 is 0 Å². The van der Waals surface area contributed by atoms with Crippen molar-refractivity contribution in [3.8, 4) is 0 Å². The predicted molar refractivity (Wildman–Crippen MR) is 63.5 cm³/mol. The van der Waals surface area contributed by atoms with E-state index in [0.29, 0.717) is 18.6 Å². The summed E-state index contributed by atoms with van der Waals surface area (Å²) in [6.07, 6.45) is 3.27. The number of amides is 1. The van der Waals surface area contributed by atoms with Crippen molar-refractivity contribution >= 4 is 5.91 Å². The van der Waals surface area contributed by atoms with Crippen molar-refractivity contribution in [1.29, 1.82) is 0 Å². The van der Waals surface area contributed by atoms with E-state index in [9.17, 15) is 4.79 Å². The van der Waals surface area contributed by atoms with Crippen LogP contribution in [0.15, 0.2) is 0 Å². The molecule has 1 amide bonds. The van der Waals surface area contributed by atoms with Gasteiger partial charge in [0.05, 0.1) is 13.2 Å². The molecule has 1 saturated carbocycles. The van der Waals surface area contributed by atoms with Crippen LogP contribution in [0.4, 0.5) is 0 Å². The molecule has 1 aliphatic heterocycles. The second kappa shape index (κ2) is 5.80. The van der Waals surface area contributed by atoms with E-state index >= 15 is 0 Å². The highest BCUT2D eigenvalue weighted by molar-refractivity contribution is 5.82.